The van der Waals surface area contributed by atoms with Crippen molar-refractivity contribution in [2.75, 3.05) is 36.4 Å². The summed E-state index contributed by atoms with van der Waals surface area (Å²) in [4.78, 5) is 24.8. The molecule has 0 unspecified atom stereocenters. The Labute approximate surface area is 199 Å². The van der Waals surface area contributed by atoms with Crippen LogP contribution in [0.1, 0.15) is 30.5 Å². The molecule has 1 aromatic carbocycles. The van der Waals surface area contributed by atoms with Crippen LogP contribution in [0.2, 0.25) is 0 Å². The Kier molecular flexibility index (Phi) is 6.86. The highest BCUT2D eigenvalue weighted by Crippen LogP contribution is 2.30. The van der Waals surface area contributed by atoms with Crippen LogP contribution in [-0.2, 0) is 0 Å². The molecule has 3 heterocycles. The summed E-state index contributed by atoms with van der Waals surface area (Å²) in [7, 11) is 0. The molecule has 2 aliphatic heterocycles. The molecule has 12 nitrogen and oxygen atoms in total. The third kappa shape index (κ3) is 5.18. The molecule has 0 radical (unpaired) electrons. The second kappa shape index (κ2) is 10.2. The fraction of sp³-hybridized carbons (Fsp3) is 0.333. The highest BCUT2D eigenvalue weighted by atomic mass is 19.1. The second-order valence-electron chi connectivity index (χ2n) is 7.81. The number of piperazine rings is 1. The number of benzene rings is 1. The zero-order chi connectivity index (χ0) is 24.9. The van der Waals surface area contributed by atoms with Gasteiger partial charge in [-0.1, -0.05) is 5.22 Å². The molecule has 14 heteroatoms. The summed E-state index contributed by atoms with van der Waals surface area (Å²) in [6.07, 6.45) is 3.04. The van der Waals surface area contributed by atoms with Gasteiger partial charge < -0.3 is 15.1 Å². The van der Waals surface area contributed by atoms with Crippen molar-refractivity contribution in [3.8, 4) is 6.07 Å². The molecule has 2 aromatic rings. The van der Waals surface area contributed by atoms with Crippen molar-refractivity contribution in [1.82, 2.24) is 19.9 Å². The van der Waals surface area contributed by atoms with Crippen LogP contribution in [0, 0.1) is 28.5 Å². The predicted octanol–water partition coefficient (Wildman–Crippen LogP) is 3.08. The van der Waals surface area contributed by atoms with Gasteiger partial charge in [0, 0.05) is 38.8 Å². The second-order valence-corrected chi connectivity index (χ2v) is 7.81. The van der Waals surface area contributed by atoms with E-state index in [0.717, 1.165) is 12.3 Å². The number of hydrogen-bond acceptors (Lipinski definition) is 8. The van der Waals surface area contributed by atoms with Crippen molar-refractivity contribution >= 4 is 29.8 Å². The summed E-state index contributed by atoms with van der Waals surface area (Å²) in [5.41, 5.74) is 7.43. The Bertz CT molecular complexity index is 1230. The number of aromatic nitrogens is 2. The number of nitrogens with one attached hydrogen (secondary N) is 2. The first-order chi connectivity index (χ1) is 16.9. The minimum absolute atomic E-state index is 0.0977. The highest BCUT2D eigenvalue weighted by molar-refractivity contribution is 5.92. The van der Waals surface area contributed by atoms with E-state index in [4.69, 9.17) is 10.8 Å². The zero-order valence-electron chi connectivity index (χ0n) is 18.7. The van der Waals surface area contributed by atoms with Crippen LogP contribution in [0.25, 0.3) is 0 Å². The molecule has 1 fully saturated rings. The van der Waals surface area contributed by atoms with Crippen LogP contribution in [0.4, 0.5) is 25.3 Å². The van der Waals surface area contributed by atoms with E-state index in [1.807, 2.05) is 11.0 Å². The summed E-state index contributed by atoms with van der Waals surface area (Å²) in [5, 5.41) is 23.6. The number of carbonyl (C=O) groups excluding carboxylic acids is 1. The molecule has 4 rings (SSSR count). The summed E-state index contributed by atoms with van der Waals surface area (Å²) < 4.78 is 28.0. The smallest absolute Gasteiger partial charge is 0.337 e. The van der Waals surface area contributed by atoms with Gasteiger partial charge in [-0.15, -0.1) is 5.10 Å². The van der Waals surface area contributed by atoms with Gasteiger partial charge in [-0.2, -0.15) is 20.9 Å². The van der Waals surface area contributed by atoms with Crippen LogP contribution in [0.3, 0.4) is 0 Å². The standard InChI is InChI=1S/C21H21F2N11O/c1-13(30-31-25)28-19-17(23)12-26-20(29-19)32-4-6-33(7-5-32)21(35)34-18(2-3-27-34)15-8-14(11-24)9-16(22)10-15/h3,8-10,12,18H,2,4-7H2,1H3,(H2,25,26,28,29,30)/t18-/m0/s1. The molecule has 1 aromatic heterocycles. The molecule has 1 atom stereocenters. The van der Waals surface area contributed by atoms with Gasteiger partial charge in [-0.05, 0) is 30.7 Å². The van der Waals surface area contributed by atoms with Crippen LogP contribution < -0.4 is 10.2 Å². The van der Waals surface area contributed by atoms with E-state index in [9.17, 15) is 13.6 Å². The normalized spacial score (nSPS) is 17.9. The fourth-order valence-corrected chi connectivity index (χ4v) is 3.86. The van der Waals surface area contributed by atoms with E-state index in [-0.39, 0.29) is 29.2 Å². The number of urea groups is 1. The van der Waals surface area contributed by atoms with Crippen LogP contribution >= 0.6 is 0 Å². The number of hydrazone groups is 1. The topological polar surface area (TPSA) is 149 Å². The molecule has 0 spiro atoms. The number of anilines is 2. The van der Waals surface area contributed by atoms with Crippen molar-refractivity contribution in [3.63, 3.8) is 0 Å². The number of rotatable bonds is 4. The average Bonchev–Trinajstić information content (AvgIpc) is 3.35. The maximum absolute atomic E-state index is 14.1. The molecule has 2 aliphatic rings. The lowest BCUT2D eigenvalue weighted by Crippen LogP contribution is -2.52. The van der Waals surface area contributed by atoms with Gasteiger partial charge in [-0.25, -0.2) is 23.6 Å². The lowest BCUT2D eigenvalue weighted by atomic mass is 10.0. The lowest BCUT2D eigenvalue weighted by molar-refractivity contribution is 0.139. The zero-order valence-corrected chi connectivity index (χ0v) is 18.7. The number of carbonyl (C=O) groups is 1. The molecule has 2 amide bonds. The third-order valence-electron chi connectivity index (χ3n) is 5.52. The predicted molar refractivity (Wildman–Crippen MR) is 122 cm³/mol. The molecule has 2 N–H and O–H groups in total. The van der Waals surface area contributed by atoms with Gasteiger partial charge in [0.1, 0.15) is 11.7 Å². The first-order valence-corrected chi connectivity index (χ1v) is 10.7. The van der Waals surface area contributed by atoms with E-state index >= 15 is 0 Å². The number of amidine groups is 1. The van der Waals surface area contributed by atoms with E-state index in [1.54, 1.807) is 17.2 Å². The number of halogens is 2. The summed E-state index contributed by atoms with van der Waals surface area (Å²) >= 11 is 0. The highest BCUT2D eigenvalue weighted by Gasteiger charge is 2.34. The van der Waals surface area contributed by atoms with Gasteiger partial charge in [-0.3, -0.25) is 0 Å². The van der Waals surface area contributed by atoms with Crippen LogP contribution in [0.5, 0.6) is 0 Å². The monoisotopic (exact) mass is 481 g/mol. The average molecular weight is 481 g/mol. The molecule has 35 heavy (non-hydrogen) atoms. The van der Waals surface area contributed by atoms with Gasteiger partial charge in [0.25, 0.3) is 0 Å². The van der Waals surface area contributed by atoms with E-state index in [2.05, 4.69) is 30.7 Å². The maximum atomic E-state index is 14.1. The quantitative estimate of drug-likeness (QED) is 0.297. The van der Waals surface area contributed by atoms with Crippen molar-refractivity contribution in [3.05, 3.63) is 47.2 Å². The SMILES string of the molecule is C/C(=N/N=N)Nc1nc(N2CCN(C(=O)N3N=CC[C@H]3c3cc(F)cc(C#N)c3)CC2)ncc1F. The van der Waals surface area contributed by atoms with E-state index in [1.165, 1.54) is 18.0 Å². The molecule has 1 saturated heterocycles. The Hall–Kier alpha value is -4.54. The molecule has 180 valence electrons. The van der Waals surface area contributed by atoms with Crippen LogP contribution in [-0.4, -0.2) is 64.1 Å². The minimum Gasteiger partial charge on any atom is -0.337 e. The molecular formula is C21H21F2N11O. The molecule has 0 bridgehead atoms. The fourth-order valence-electron chi connectivity index (χ4n) is 3.86. The van der Waals surface area contributed by atoms with Crippen molar-refractivity contribution in [1.29, 1.82) is 10.8 Å². The summed E-state index contributed by atoms with van der Waals surface area (Å²) in [6, 6.07) is 5.09. The van der Waals surface area contributed by atoms with E-state index in [0.29, 0.717) is 38.2 Å². The van der Waals surface area contributed by atoms with Crippen molar-refractivity contribution in [2.24, 2.45) is 15.4 Å². The first kappa shape index (κ1) is 23.6. The minimum atomic E-state index is -0.683. The third-order valence-corrected chi connectivity index (χ3v) is 5.52. The number of nitrogens with zero attached hydrogens (tertiary/aromatic N) is 9. The Morgan fingerprint density at radius 3 is 2.74 bits per heavy atom. The number of nitriles is 1. The molecule has 0 saturated carbocycles. The largest absolute Gasteiger partial charge is 0.341 e. The number of hydrogen-bond donors (Lipinski definition) is 2. The first-order valence-electron chi connectivity index (χ1n) is 10.7. The maximum Gasteiger partial charge on any atom is 0.341 e. The Balaban J connectivity index is 1.42. The van der Waals surface area contributed by atoms with Crippen molar-refractivity contribution < 1.29 is 13.6 Å². The van der Waals surface area contributed by atoms with Crippen LogP contribution in [0.15, 0.2) is 39.8 Å². The Morgan fingerprint density at radius 1 is 1.26 bits per heavy atom. The van der Waals surface area contributed by atoms with E-state index < -0.39 is 17.7 Å². The summed E-state index contributed by atoms with van der Waals surface area (Å²) in [5.74, 6) is -0.857. The van der Waals surface area contributed by atoms with Gasteiger partial charge in [0.15, 0.2) is 11.6 Å². The number of amides is 2. The van der Waals surface area contributed by atoms with Gasteiger partial charge >= 0.3 is 6.03 Å². The lowest BCUT2D eigenvalue weighted by Gasteiger charge is -2.37. The van der Waals surface area contributed by atoms with Gasteiger partial charge in [0.2, 0.25) is 5.95 Å². The summed E-state index contributed by atoms with van der Waals surface area (Å²) in [6.45, 7) is 2.99. The molecular weight excluding hydrogens is 460 g/mol. The molecule has 0 aliphatic carbocycles. The van der Waals surface area contributed by atoms with Crippen molar-refractivity contribution in [2.45, 2.75) is 19.4 Å². The van der Waals surface area contributed by atoms with Gasteiger partial charge in [0.05, 0.1) is 23.9 Å². The Morgan fingerprint density at radius 2 is 2.03 bits per heavy atom.